The fourth-order valence-corrected chi connectivity index (χ4v) is 4.21. The summed E-state index contributed by atoms with van der Waals surface area (Å²) in [6.07, 6.45) is 6.25. The molecule has 0 radical (unpaired) electrons. The fraction of sp³-hybridized carbons (Fsp3) is 0.273. The van der Waals surface area contributed by atoms with Gasteiger partial charge in [-0.25, -0.2) is 0 Å². The Labute approximate surface area is 165 Å². The van der Waals surface area contributed by atoms with E-state index in [9.17, 15) is 0 Å². The van der Waals surface area contributed by atoms with Gasteiger partial charge in [0, 0.05) is 36.3 Å². The Morgan fingerprint density at radius 1 is 1.00 bits per heavy atom. The second-order valence-corrected chi connectivity index (χ2v) is 7.30. The average Bonchev–Trinajstić information content (AvgIpc) is 3.07. The Balaban J connectivity index is 0.00000180. The molecular formula is C22H23ClN4. The summed E-state index contributed by atoms with van der Waals surface area (Å²) in [5.41, 5.74) is 4.92. The van der Waals surface area contributed by atoms with Gasteiger partial charge in [-0.2, -0.15) is 5.10 Å². The first-order valence-electron chi connectivity index (χ1n) is 9.28. The molecule has 2 unspecified atom stereocenters. The van der Waals surface area contributed by atoms with E-state index in [-0.39, 0.29) is 12.4 Å². The van der Waals surface area contributed by atoms with E-state index in [1.165, 1.54) is 28.3 Å². The van der Waals surface area contributed by atoms with Crippen LogP contribution in [0.5, 0.6) is 0 Å². The van der Waals surface area contributed by atoms with Crippen LogP contribution in [0.1, 0.15) is 35.9 Å². The third kappa shape index (κ3) is 3.43. The van der Waals surface area contributed by atoms with Crippen molar-refractivity contribution >= 4 is 34.2 Å². The highest BCUT2D eigenvalue weighted by Gasteiger charge is 2.24. The van der Waals surface area contributed by atoms with E-state index in [2.05, 4.69) is 64.1 Å². The van der Waals surface area contributed by atoms with E-state index in [4.69, 9.17) is 0 Å². The van der Waals surface area contributed by atoms with Gasteiger partial charge in [0.05, 0.1) is 11.0 Å². The molecule has 1 saturated heterocycles. The standard InChI is InChI=1S/C22H22N4.ClH/c1-26-14-19-12-18(5-7-21(19)25-26)22-13-16(8-10-24-22)15-4-6-20-17(11-15)3-2-9-23-20;/h2-7,9,11-12,14,16,22,24H,8,10,13H2,1H3;1H. The number of aromatic nitrogens is 3. The van der Waals surface area contributed by atoms with Gasteiger partial charge in [0.1, 0.15) is 0 Å². The normalized spacial score (nSPS) is 19.9. The summed E-state index contributed by atoms with van der Waals surface area (Å²) >= 11 is 0. The second kappa shape index (κ2) is 7.29. The zero-order chi connectivity index (χ0) is 17.5. The highest BCUT2D eigenvalue weighted by molar-refractivity contribution is 5.85. The number of hydrogen-bond donors (Lipinski definition) is 1. The zero-order valence-corrected chi connectivity index (χ0v) is 16.1. The Hall–Kier alpha value is -2.43. The summed E-state index contributed by atoms with van der Waals surface area (Å²) in [6.45, 7) is 1.05. The number of halogens is 1. The molecule has 0 bridgehead atoms. The summed E-state index contributed by atoms with van der Waals surface area (Å²) < 4.78 is 1.88. The van der Waals surface area contributed by atoms with Crippen LogP contribution in [0, 0.1) is 0 Å². The van der Waals surface area contributed by atoms with Gasteiger partial charge in [-0.3, -0.25) is 9.67 Å². The highest BCUT2D eigenvalue weighted by Crippen LogP contribution is 2.35. The number of rotatable bonds is 2. The summed E-state index contributed by atoms with van der Waals surface area (Å²) in [4.78, 5) is 4.44. The van der Waals surface area contributed by atoms with Crippen LogP contribution < -0.4 is 5.32 Å². The van der Waals surface area contributed by atoms with Gasteiger partial charge in [-0.05, 0) is 66.8 Å². The van der Waals surface area contributed by atoms with E-state index in [1.54, 1.807) is 0 Å². The number of hydrogen-bond acceptors (Lipinski definition) is 3. The molecule has 0 saturated carbocycles. The molecule has 1 fully saturated rings. The molecular weight excluding hydrogens is 356 g/mol. The number of nitrogens with one attached hydrogen (secondary N) is 1. The molecule has 138 valence electrons. The van der Waals surface area contributed by atoms with Crippen LogP contribution >= 0.6 is 12.4 Å². The van der Waals surface area contributed by atoms with Crippen LogP contribution in [0.3, 0.4) is 0 Å². The maximum Gasteiger partial charge on any atom is 0.0923 e. The predicted octanol–water partition coefficient (Wildman–Crippen LogP) is 4.75. The van der Waals surface area contributed by atoms with Crippen LogP contribution in [0.2, 0.25) is 0 Å². The smallest absolute Gasteiger partial charge is 0.0923 e. The first-order chi connectivity index (χ1) is 12.8. The third-order valence-electron chi connectivity index (χ3n) is 5.55. The Morgan fingerprint density at radius 3 is 2.74 bits per heavy atom. The van der Waals surface area contributed by atoms with Crippen molar-refractivity contribution in [3.63, 3.8) is 0 Å². The monoisotopic (exact) mass is 378 g/mol. The van der Waals surface area contributed by atoms with Crippen LogP contribution in [-0.2, 0) is 7.05 Å². The van der Waals surface area contributed by atoms with E-state index in [0.29, 0.717) is 12.0 Å². The first-order valence-corrected chi connectivity index (χ1v) is 9.28. The van der Waals surface area contributed by atoms with Crippen LogP contribution in [0.25, 0.3) is 21.8 Å². The number of nitrogens with zero attached hydrogens (tertiary/aromatic N) is 3. The summed E-state index contributed by atoms with van der Waals surface area (Å²) in [7, 11) is 1.98. The maximum absolute atomic E-state index is 4.48. The summed E-state index contributed by atoms with van der Waals surface area (Å²) in [5, 5.41) is 10.6. The zero-order valence-electron chi connectivity index (χ0n) is 15.3. The molecule has 4 nitrogen and oxygen atoms in total. The molecule has 2 atom stereocenters. The van der Waals surface area contributed by atoms with Crippen molar-refractivity contribution in [3.8, 4) is 0 Å². The molecule has 1 aliphatic heterocycles. The first kappa shape index (κ1) is 18.0. The van der Waals surface area contributed by atoms with Crippen LogP contribution in [-0.4, -0.2) is 21.3 Å². The SMILES string of the molecule is Cl.Cn1cc2cc(C3CC(c4ccc5ncccc5c4)CCN3)ccc2n1. The summed E-state index contributed by atoms with van der Waals surface area (Å²) in [5.74, 6) is 0.579. The van der Waals surface area contributed by atoms with Gasteiger partial charge in [0.25, 0.3) is 0 Å². The van der Waals surface area contributed by atoms with Crippen molar-refractivity contribution in [3.05, 3.63) is 72.1 Å². The van der Waals surface area contributed by atoms with Crippen molar-refractivity contribution in [2.24, 2.45) is 7.05 Å². The fourth-order valence-electron chi connectivity index (χ4n) is 4.21. The van der Waals surface area contributed by atoms with E-state index >= 15 is 0 Å². The molecule has 2 aromatic carbocycles. The minimum absolute atomic E-state index is 0. The molecule has 3 heterocycles. The van der Waals surface area contributed by atoms with Crippen LogP contribution in [0.15, 0.2) is 60.9 Å². The number of fused-ring (bicyclic) bond motifs is 2. The van der Waals surface area contributed by atoms with Crippen molar-refractivity contribution in [2.75, 3.05) is 6.54 Å². The lowest BCUT2D eigenvalue weighted by atomic mass is 9.83. The van der Waals surface area contributed by atoms with Crippen molar-refractivity contribution in [1.29, 1.82) is 0 Å². The molecule has 1 aliphatic rings. The van der Waals surface area contributed by atoms with Gasteiger partial charge in [0.2, 0.25) is 0 Å². The molecule has 0 spiro atoms. The number of benzene rings is 2. The van der Waals surface area contributed by atoms with Crippen molar-refractivity contribution < 1.29 is 0 Å². The lowest BCUT2D eigenvalue weighted by Crippen LogP contribution is -2.30. The number of piperidine rings is 1. The van der Waals surface area contributed by atoms with E-state index in [1.807, 2.05) is 24.0 Å². The topological polar surface area (TPSA) is 42.7 Å². The maximum atomic E-state index is 4.48. The lowest BCUT2D eigenvalue weighted by molar-refractivity contribution is 0.370. The van der Waals surface area contributed by atoms with Gasteiger partial charge in [0.15, 0.2) is 0 Å². The average molecular weight is 379 g/mol. The van der Waals surface area contributed by atoms with Crippen molar-refractivity contribution in [1.82, 2.24) is 20.1 Å². The Bertz CT molecular complexity index is 1090. The third-order valence-corrected chi connectivity index (χ3v) is 5.55. The largest absolute Gasteiger partial charge is 0.310 e. The molecule has 0 aliphatic carbocycles. The quantitative estimate of drug-likeness (QED) is 0.547. The van der Waals surface area contributed by atoms with Crippen molar-refractivity contribution in [2.45, 2.75) is 24.8 Å². The van der Waals surface area contributed by atoms with Gasteiger partial charge >= 0.3 is 0 Å². The molecule has 0 amide bonds. The predicted molar refractivity (Wildman–Crippen MR) is 112 cm³/mol. The van der Waals surface area contributed by atoms with Gasteiger partial charge in [-0.1, -0.05) is 18.2 Å². The Morgan fingerprint density at radius 2 is 1.81 bits per heavy atom. The molecule has 4 aromatic rings. The Kier molecular flexibility index (Phi) is 4.85. The van der Waals surface area contributed by atoms with E-state index < -0.39 is 0 Å². The molecule has 27 heavy (non-hydrogen) atoms. The minimum Gasteiger partial charge on any atom is -0.310 e. The molecule has 5 heteroatoms. The summed E-state index contributed by atoms with van der Waals surface area (Å²) in [6, 6.07) is 17.9. The van der Waals surface area contributed by atoms with Gasteiger partial charge in [-0.15, -0.1) is 12.4 Å². The van der Waals surface area contributed by atoms with Gasteiger partial charge < -0.3 is 5.32 Å². The highest BCUT2D eigenvalue weighted by atomic mass is 35.5. The lowest BCUT2D eigenvalue weighted by Gasteiger charge is -2.31. The molecule has 5 rings (SSSR count). The van der Waals surface area contributed by atoms with E-state index in [0.717, 1.165) is 24.0 Å². The molecule has 2 aromatic heterocycles. The second-order valence-electron chi connectivity index (χ2n) is 7.30. The number of aryl methyl sites for hydroxylation is 1. The molecule has 1 N–H and O–H groups in total. The van der Waals surface area contributed by atoms with Crippen LogP contribution in [0.4, 0.5) is 0 Å². The number of pyridine rings is 1. The minimum atomic E-state index is 0.